The van der Waals surface area contributed by atoms with Crippen molar-refractivity contribution < 1.29 is 89.4 Å². The van der Waals surface area contributed by atoms with Crippen LogP contribution in [-0.2, 0) is 33.2 Å². The molecule has 1 amide bonds. The zero-order valence-electron chi connectivity index (χ0n) is 36.1. The van der Waals surface area contributed by atoms with E-state index in [2.05, 4.69) is 36.5 Å². The van der Waals surface area contributed by atoms with Crippen molar-refractivity contribution in [1.29, 1.82) is 0 Å². The third-order valence-electron chi connectivity index (χ3n) is 11.2. The van der Waals surface area contributed by atoms with E-state index in [-0.39, 0.29) is 18.9 Å². The zero-order chi connectivity index (χ0) is 45.6. The summed E-state index contributed by atoms with van der Waals surface area (Å²) in [5.74, 6) is -0.382. The van der Waals surface area contributed by atoms with Crippen molar-refractivity contribution in [2.75, 3.05) is 26.4 Å². The molecule has 12 N–H and O–H groups in total. The number of aliphatic hydroxyl groups excluding tert-OH is 11. The lowest BCUT2D eigenvalue weighted by atomic mass is 9.96. The average Bonchev–Trinajstić information content (AvgIpc) is 3.27. The molecule has 19 heteroatoms. The first kappa shape index (κ1) is 54.3. The lowest BCUT2D eigenvalue weighted by molar-refractivity contribution is -0.379. The number of carbonyl (C=O) groups excluding carboxylic acids is 1. The maximum absolute atomic E-state index is 12.3. The summed E-state index contributed by atoms with van der Waals surface area (Å²) in [6.07, 6.45) is -1.23. The first-order valence-electron chi connectivity index (χ1n) is 22.2. The molecule has 3 fully saturated rings. The van der Waals surface area contributed by atoms with Gasteiger partial charge in [-0.15, -0.1) is 0 Å². The fourth-order valence-electron chi connectivity index (χ4n) is 7.36. The van der Waals surface area contributed by atoms with Gasteiger partial charge in [-0.3, -0.25) is 4.79 Å². The van der Waals surface area contributed by atoms with Crippen molar-refractivity contribution in [2.45, 2.75) is 202 Å². The van der Waals surface area contributed by atoms with Crippen LogP contribution in [0.4, 0.5) is 0 Å². The Balaban J connectivity index is 1.49. The van der Waals surface area contributed by atoms with Gasteiger partial charge in [0.15, 0.2) is 18.9 Å². The first-order chi connectivity index (χ1) is 29.8. The summed E-state index contributed by atoms with van der Waals surface area (Å²) >= 11 is 0. The number of allylic oxidation sites excluding steroid dienone is 5. The highest BCUT2D eigenvalue weighted by atomic mass is 16.8. The number of aliphatic hydroxyl groups is 11. The van der Waals surface area contributed by atoms with E-state index in [4.69, 9.17) is 28.4 Å². The molecule has 19 nitrogen and oxygen atoms in total. The van der Waals surface area contributed by atoms with Crippen LogP contribution in [0, 0.1) is 0 Å². The van der Waals surface area contributed by atoms with Gasteiger partial charge in [-0.1, -0.05) is 88.8 Å². The van der Waals surface area contributed by atoms with E-state index in [0.717, 1.165) is 25.7 Å². The maximum Gasteiger partial charge on any atom is 0.220 e. The van der Waals surface area contributed by atoms with Crippen LogP contribution in [0.25, 0.3) is 0 Å². The van der Waals surface area contributed by atoms with Gasteiger partial charge in [0, 0.05) is 6.42 Å². The van der Waals surface area contributed by atoms with Crippen LogP contribution >= 0.6 is 0 Å². The second-order valence-corrected chi connectivity index (χ2v) is 16.1. The monoisotopic (exact) mass is 893 g/mol. The van der Waals surface area contributed by atoms with Gasteiger partial charge in [-0.25, -0.2) is 0 Å². The summed E-state index contributed by atoms with van der Waals surface area (Å²) in [7, 11) is 0. The van der Waals surface area contributed by atoms with Gasteiger partial charge in [-0.05, 0) is 38.5 Å². The Labute approximate surface area is 364 Å². The van der Waals surface area contributed by atoms with Gasteiger partial charge in [0.25, 0.3) is 0 Å². The highest BCUT2D eigenvalue weighted by Gasteiger charge is 2.53. The van der Waals surface area contributed by atoms with Gasteiger partial charge in [0.2, 0.25) is 5.91 Å². The third-order valence-corrected chi connectivity index (χ3v) is 11.2. The number of hydrogen-bond acceptors (Lipinski definition) is 18. The largest absolute Gasteiger partial charge is 0.394 e. The summed E-state index contributed by atoms with van der Waals surface area (Å²) in [4.78, 5) is 12.3. The fraction of sp³-hybridized carbons (Fsp3) is 0.837. The molecule has 0 aliphatic carbocycles. The number of hydrogen-bond donors (Lipinski definition) is 12. The zero-order valence-corrected chi connectivity index (χ0v) is 36.1. The Kier molecular flexibility index (Phi) is 25.9. The molecule has 3 heterocycles. The molecule has 0 bridgehead atoms. The van der Waals surface area contributed by atoms with Crippen molar-refractivity contribution in [3.63, 3.8) is 0 Å². The van der Waals surface area contributed by atoms with Crippen LogP contribution in [0.2, 0.25) is 0 Å². The molecule has 62 heavy (non-hydrogen) atoms. The molecule has 3 aliphatic rings. The van der Waals surface area contributed by atoms with Crippen LogP contribution in [-0.4, -0.2) is 193 Å². The van der Waals surface area contributed by atoms with Gasteiger partial charge in [-0.2, -0.15) is 0 Å². The molecule has 3 rings (SSSR count). The number of amides is 1. The van der Waals surface area contributed by atoms with Gasteiger partial charge in [0.1, 0.15) is 73.2 Å². The molecule has 0 radical (unpaired) electrons. The summed E-state index contributed by atoms with van der Waals surface area (Å²) in [6, 6.07) is -0.989. The van der Waals surface area contributed by atoms with Crippen molar-refractivity contribution in [3.8, 4) is 0 Å². The quantitative estimate of drug-likeness (QED) is 0.0334. The molecule has 17 atom stereocenters. The molecule has 0 aromatic heterocycles. The van der Waals surface area contributed by atoms with Crippen molar-refractivity contribution >= 4 is 5.91 Å². The topological polar surface area (TPSA) is 307 Å². The smallest absolute Gasteiger partial charge is 0.220 e. The fourth-order valence-corrected chi connectivity index (χ4v) is 7.36. The Hall–Kier alpha value is -1.99. The van der Waals surface area contributed by atoms with E-state index in [1.165, 1.54) is 51.0 Å². The molecule has 0 spiro atoms. The molecule has 360 valence electrons. The highest BCUT2D eigenvalue weighted by molar-refractivity contribution is 5.75. The first-order valence-corrected chi connectivity index (χ1v) is 22.2. The predicted molar refractivity (Wildman–Crippen MR) is 222 cm³/mol. The summed E-state index contributed by atoms with van der Waals surface area (Å²) in [5, 5.41) is 118. The second kappa shape index (κ2) is 29.5. The molecular weight excluding hydrogens is 818 g/mol. The predicted octanol–water partition coefficient (Wildman–Crippen LogP) is -0.923. The second-order valence-electron chi connectivity index (χ2n) is 16.1. The van der Waals surface area contributed by atoms with Crippen LogP contribution < -0.4 is 5.32 Å². The van der Waals surface area contributed by atoms with Crippen LogP contribution in [0.5, 0.6) is 0 Å². The van der Waals surface area contributed by atoms with Gasteiger partial charge >= 0.3 is 0 Å². The summed E-state index contributed by atoms with van der Waals surface area (Å²) in [6.45, 7) is 1.05. The summed E-state index contributed by atoms with van der Waals surface area (Å²) < 4.78 is 33.6. The Morgan fingerprint density at radius 3 is 1.55 bits per heavy atom. The third kappa shape index (κ3) is 16.8. The van der Waals surface area contributed by atoms with Gasteiger partial charge in [0.05, 0.1) is 38.6 Å². The average molecular weight is 894 g/mol. The standard InChI is InChI=1S/C43H75NO18/c1-3-5-6-7-8-9-10-11-12-13-14-15-16-17-18-19-20-21-27(48)26(44-31(49)4-2)25-57-41-37(55)34(52)39(29(23-46)59-41)62-43-38(56)35(53)40(30(24-47)60-43)61-42-36(54)33(51)32(50)28(22-45)58-42/h12-13,16-17,20-21,26-30,32-43,45-48,50-56H,3-11,14-15,18-19,22-25H2,1-2H3,(H,44,49)/b13-12+,17-16+,21-20+. The molecule has 3 aliphatic heterocycles. The minimum absolute atomic E-state index is 0.112. The molecule has 0 aromatic rings. The summed E-state index contributed by atoms with van der Waals surface area (Å²) in [5.41, 5.74) is 0. The van der Waals surface area contributed by atoms with Crippen LogP contribution in [0.15, 0.2) is 36.5 Å². The van der Waals surface area contributed by atoms with E-state index in [0.29, 0.717) is 6.42 Å². The van der Waals surface area contributed by atoms with E-state index in [9.17, 15) is 61.0 Å². The van der Waals surface area contributed by atoms with E-state index in [1.54, 1.807) is 13.0 Å². The van der Waals surface area contributed by atoms with Crippen LogP contribution in [0.1, 0.15) is 97.3 Å². The lowest BCUT2D eigenvalue weighted by Crippen LogP contribution is -2.66. The molecule has 17 unspecified atom stereocenters. The number of ether oxygens (including phenoxy) is 6. The lowest BCUT2D eigenvalue weighted by Gasteiger charge is -2.48. The Morgan fingerprint density at radius 1 is 0.565 bits per heavy atom. The maximum atomic E-state index is 12.3. The van der Waals surface area contributed by atoms with Crippen molar-refractivity contribution in [1.82, 2.24) is 5.32 Å². The minimum Gasteiger partial charge on any atom is -0.394 e. The molecular formula is C43H75NO18. The number of rotatable bonds is 28. The number of unbranched alkanes of at least 4 members (excludes halogenated alkanes) is 9. The Bertz CT molecular complexity index is 1300. The SMILES string of the molecule is CCCCCCCCC/C=C/CC/C=C/CC/C=C/C(O)C(COC1OC(CO)C(OC2OC(CO)C(OC3OC(CO)C(O)C(O)C3O)C(O)C2O)C(O)C1O)NC(=O)CC. The Morgan fingerprint density at radius 2 is 1.02 bits per heavy atom. The van der Waals surface area contributed by atoms with Crippen molar-refractivity contribution in [3.05, 3.63) is 36.5 Å². The molecule has 0 saturated carbocycles. The minimum atomic E-state index is -1.98. The normalized spacial score (nSPS) is 35.5. The van der Waals surface area contributed by atoms with Crippen molar-refractivity contribution in [2.24, 2.45) is 0 Å². The van der Waals surface area contributed by atoms with E-state index >= 15 is 0 Å². The van der Waals surface area contributed by atoms with Gasteiger partial charge < -0.3 is 89.9 Å². The molecule has 0 aromatic carbocycles. The highest BCUT2D eigenvalue weighted by Crippen LogP contribution is 2.32. The number of carbonyl (C=O) groups is 1. The van der Waals surface area contributed by atoms with E-state index in [1.807, 2.05) is 0 Å². The molecule has 3 saturated heterocycles. The van der Waals surface area contributed by atoms with Crippen LogP contribution in [0.3, 0.4) is 0 Å². The van der Waals surface area contributed by atoms with E-state index < -0.39 is 124 Å². The number of nitrogens with one attached hydrogen (secondary N) is 1.